The van der Waals surface area contributed by atoms with Gasteiger partial charge in [0.2, 0.25) is 5.88 Å². The molecule has 0 fully saturated rings. The van der Waals surface area contributed by atoms with Gasteiger partial charge in [-0.1, -0.05) is 11.6 Å². The van der Waals surface area contributed by atoms with Gasteiger partial charge in [0.15, 0.2) is 11.6 Å². The minimum atomic E-state index is -0.199. The van der Waals surface area contributed by atoms with Crippen LogP contribution in [0.15, 0.2) is 18.2 Å². The third-order valence-corrected chi connectivity index (χ3v) is 2.37. The van der Waals surface area contributed by atoms with Gasteiger partial charge in [-0.15, -0.1) is 0 Å². The molecule has 4 nitrogen and oxygen atoms in total. The number of hydrogen-bond acceptors (Lipinski definition) is 4. The molecule has 82 valence electrons. The number of ketones is 1. The predicted molar refractivity (Wildman–Crippen MR) is 61.1 cm³/mol. The van der Waals surface area contributed by atoms with Crippen LogP contribution in [-0.4, -0.2) is 22.9 Å². The highest BCUT2D eigenvalue weighted by Gasteiger charge is 2.11. The normalized spacial score (nSPS) is 10.4. The van der Waals surface area contributed by atoms with Gasteiger partial charge >= 0.3 is 0 Å². The van der Waals surface area contributed by atoms with Crippen molar-refractivity contribution in [2.24, 2.45) is 0 Å². The van der Waals surface area contributed by atoms with E-state index in [1.54, 1.807) is 18.2 Å². The largest absolute Gasteiger partial charge is 0.480 e. The number of nitrogens with zero attached hydrogens (tertiary/aromatic N) is 2. The molecule has 0 aliphatic heterocycles. The zero-order valence-electron chi connectivity index (χ0n) is 8.82. The third-order valence-electron chi connectivity index (χ3n) is 2.13. The minimum absolute atomic E-state index is 0.145. The second kappa shape index (κ2) is 4.06. The summed E-state index contributed by atoms with van der Waals surface area (Å²) in [4.78, 5) is 19.4. The van der Waals surface area contributed by atoms with Gasteiger partial charge in [-0.05, 0) is 18.2 Å². The molecule has 0 N–H and O–H groups in total. The summed E-state index contributed by atoms with van der Waals surface area (Å²) in [6.07, 6.45) is 0. The maximum absolute atomic E-state index is 11.2. The molecule has 0 atom stereocenters. The van der Waals surface area contributed by atoms with Crippen LogP contribution in [0.25, 0.3) is 10.9 Å². The number of aromatic nitrogens is 2. The summed E-state index contributed by atoms with van der Waals surface area (Å²) >= 11 is 5.87. The molecule has 0 spiro atoms. The standard InChI is InChI=1S/C11H9ClN2O2/c1-6(15)10-13-9-4-3-7(12)5-8(9)11(14-10)16-2/h3-5H,1-2H3. The number of rotatable bonds is 2. The Morgan fingerprint density at radius 2 is 2.12 bits per heavy atom. The van der Waals surface area contributed by atoms with E-state index >= 15 is 0 Å². The number of Topliss-reactive ketones (excluding diaryl/α,β-unsaturated/α-hetero) is 1. The van der Waals surface area contributed by atoms with Gasteiger partial charge in [0.25, 0.3) is 0 Å². The number of benzene rings is 1. The Bertz CT molecular complexity index is 569. The van der Waals surface area contributed by atoms with E-state index < -0.39 is 0 Å². The van der Waals surface area contributed by atoms with Gasteiger partial charge in [0.05, 0.1) is 18.0 Å². The van der Waals surface area contributed by atoms with Crippen LogP contribution in [0.5, 0.6) is 5.88 Å². The molecule has 0 saturated heterocycles. The topological polar surface area (TPSA) is 52.1 Å². The van der Waals surface area contributed by atoms with Gasteiger partial charge in [-0.2, -0.15) is 4.98 Å². The fraction of sp³-hybridized carbons (Fsp3) is 0.182. The van der Waals surface area contributed by atoms with E-state index in [0.717, 1.165) is 0 Å². The molecule has 1 heterocycles. The molecule has 0 radical (unpaired) electrons. The van der Waals surface area contributed by atoms with Gasteiger partial charge < -0.3 is 4.74 Å². The first-order chi connectivity index (χ1) is 7.61. The Morgan fingerprint density at radius 1 is 1.38 bits per heavy atom. The Labute approximate surface area is 97.2 Å². The highest BCUT2D eigenvalue weighted by atomic mass is 35.5. The second-order valence-corrected chi connectivity index (χ2v) is 3.71. The summed E-state index contributed by atoms with van der Waals surface area (Å²) in [7, 11) is 1.49. The number of carbonyl (C=O) groups excluding carboxylic acids is 1. The molecule has 0 unspecified atom stereocenters. The van der Waals surface area contributed by atoms with Crippen molar-refractivity contribution < 1.29 is 9.53 Å². The van der Waals surface area contributed by atoms with Crippen molar-refractivity contribution in [1.82, 2.24) is 9.97 Å². The number of halogens is 1. The lowest BCUT2D eigenvalue weighted by Gasteiger charge is -2.05. The lowest BCUT2D eigenvalue weighted by molar-refractivity contribution is 0.100. The summed E-state index contributed by atoms with van der Waals surface area (Å²) < 4.78 is 5.11. The molecule has 0 saturated carbocycles. The number of fused-ring (bicyclic) bond motifs is 1. The van der Waals surface area contributed by atoms with Crippen LogP contribution in [0.1, 0.15) is 17.5 Å². The van der Waals surface area contributed by atoms with Crippen LogP contribution in [-0.2, 0) is 0 Å². The zero-order valence-corrected chi connectivity index (χ0v) is 9.58. The van der Waals surface area contributed by atoms with E-state index in [9.17, 15) is 4.79 Å². The molecule has 0 aliphatic carbocycles. The van der Waals surface area contributed by atoms with Gasteiger partial charge in [0, 0.05) is 11.9 Å². The monoisotopic (exact) mass is 236 g/mol. The van der Waals surface area contributed by atoms with Crippen molar-refractivity contribution in [1.29, 1.82) is 0 Å². The van der Waals surface area contributed by atoms with Crippen LogP contribution in [0.2, 0.25) is 5.02 Å². The first-order valence-corrected chi connectivity index (χ1v) is 5.02. The molecular weight excluding hydrogens is 228 g/mol. The molecule has 0 aliphatic rings. The zero-order chi connectivity index (χ0) is 11.7. The van der Waals surface area contributed by atoms with Crippen molar-refractivity contribution in [3.05, 3.63) is 29.0 Å². The number of carbonyl (C=O) groups is 1. The molecule has 0 bridgehead atoms. The van der Waals surface area contributed by atoms with Gasteiger partial charge in [-0.25, -0.2) is 4.98 Å². The maximum atomic E-state index is 11.2. The van der Waals surface area contributed by atoms with E-state index in [1.807, 2.05) is 0 Å². The molecule has 16 heavy (non-hydrogen) atoms. The first kappa shape index (κ1) is 10.8. The van der Waals surface area contributed by atoms with Crippen molar-refractivity contribution in [3.63, 3.8) is 0 Å². The summed E-state index contributed by atoms with van der Waals surface area (Å²) in [6, 6.07) is 5.15. The highest BCUT2D eigenvalue weighted by molar-refractivity contribution is 6.31. The number of hydrogen-bond donors (Lipinski definition) is 0. The maximum Gasteiger partial charge on any atom is 0.224 e. The summed E-state index contributed by atoms with van der Waals surface area (Å²) in [5.74, 6) is 0.305. The fourth-order valence-electron chi connectivity index (χ4n) is 1.39. The molecule has 0 amide bonds. The molecule has 5 heteroatoms. The Balaban J connectivity index is 2.78. The highest BCUT2D eigenvalue weighted by Crippen LogP contribution is 2.25. The smallest absolute Gasteiger partial charge is 0.224 e. The Kier molecular flexibility index (Phi) is 2.75. The van der Waals surface area contributed by atoms with Crippen LogP contribution in [0.4, 0.5) is 0 Å². The number of ether oxygens (including phenoxy) is 1. The summed E-state index contributed by atoms with van der Waals surface area (Å²) in [6.45, 7) is 1.41. The third kappa shape index (κ3) is 1.84. The Morgan fingerprint density at radius 3 is 2.75 bits per heavy atom. The van der Waals surface area contributed by atoms with E-state index in [4.69, 9.17) is 16.3 Å². The molecule has 1 aromatic carbocycles. The van der Waals surface area contributed by atoms with E-state index in [1.165, 1.54) is 14.0 Å². The lowest BCUT2D eigenvalue weighted by atomic mass is 10.2. The van der Waals surface area contributed by atoms with Gasteiger partial charge in [-0.3, -0.25) is 4.79 Å². The molecule has 2 aromatic rings. The molecular formula is C11H9ClN2O2. The van der Waals surface area contributed by atoms with E-state index in [-0.39, 0.29) is 11.6 Å². The van der Waals surface area contributed by atoms with Crippen LogP contribution >= 0.6 is 11.6 Å². The van der Waals surface area contributed by atoms with E-state index in [0.29, 0.717) is 21.8 Å². The van der Waals surface area contributed by atoms with E-state index in [2.05, 4.69) is 9.97 Å². The van der Waals surface area contributed by atoms with Crippen LogP contribution in [0, 0.1) is 0 Å². The SMILES string of the molecule is COc1nc(C(C)=O)nc2ccc(Cl)cc12. The predicted octanol–water partition coefficient (Wildman–Crippen LogP) is 2.49. The van der Waals surface area contributed by atoms with Crippen molar-refractivity contribution >= 4 is 28.3 Å². The molecule has 2 rings (SSSR count). The number of methoxy groups -OCH3 is 1. The second-order valence-electron chi connectivity index (χ2n) is 3.27. The average molecular weight is 237 g/mol. The van der Waals surface area contributed by atoms with Crippen molar-refractivity contribution in [2.75, 3.05) is 7.11 Å². The van der Waals surface area contributed by atoms with Gasteiger partial charge in [0.1, 0.15) is 0 Å². The lowest BCUT2D eigenvalue weighted by Crippen LogP contribution is -2.03. The summed E-state index contributed by atoms with van der Waals surface area (Å²) in [5, 5.41) is 1.27. The van der Waals surface area contributed by atoms with Crippen LogP contribution < -0.4 is 4.74 Å². The molecule has 1 aromatic heterocycles. The minimum Gasteiger partial charge on any atom is -0.480 e. The summed E-state index contributed by atoms with van der Waals surface area (Å²) in [5.41, 5.74) is 0.640. The average Bonchev–Trinajstić information content (AvgIpc) is 2.27. The van der Waals surface area contributed by atoms with Crippen molar-refractivity contribution in [2.45, 2.75) is 6.92 Å². The fourth-order valence-corrected chi connectivity index (χ4v) is 1.56. The quantitative estimate of drug-likeness (QED) is 0.752. The van der Waals surface area contributed by atoms with Crippen LogP contribution in [0.3, 0.4) is 0 Å². The first-order valence-electron chi connectivity index (χ1n) is 4.64. The Hall–Kier alpha value is -1.68. The van der Waals surface area contributed by atoms with Crippen molar-refractivity contribution in [3.8, 4) is 5.88 Å².